The first-order chi connectivity index (χ1) is 12.4. The summed E-state index contributed by atoms with van der Waals surface area (Å²) in [7, 11) is -3.74. The first kappa shape index (κ1) is 19.2. The van der Waals surface area contributed by atoms with Crippen molar-refractivity contribution in [3.05, 3.63) is 53.1 Å². The van der Waals surface area contributed by atoms with Gasteiger partial charge in [0.15, 0.2) is 5.16 Å². The lowest BCUT2D eigenvalue weighted by atomic mass is 10.2. The SMILES string of the molecule is CCCCn1c(SCc2ccc(Cl)cc2)nc2cc(S(N)(=O)=O)ccc21. The van der Waals surface area contributed by atoms with E-state index in [0.29, 0.717) is 10.5 Å². The number of hydrogen-bond acceptors (Lipinski definition) is 4. The van der Waals surface area contributed by atoms with Crippen LogP contribution >= 0.6 is 23.4 Å². The highest BCUT2D eigenvalue weighted by molar-refractivity contribution is 7.98. The van der Waals surface area contributed by atoms with Gasteiger partial charge in [-0.15, -0.1) is 0 Å². The van der Waals surface area contributed by atoms with Crippen LogP contribution in [0.25, 0.3) is 11.0 Å². The average molecular weight is 410 g/mol. The Morgan fingerprint density at radius 2 is 1.92 bits per heavy atom. The number of unbranched alkanes of at least 4 members (excludes halogenated alkanes) is 1. The largest absolute Gasteiger partial charge is 0.319 e. The number of primary sulfonamides is 1. The van der Waals surface area contributed by atoms with Gasteiger partial charge in [0, 0.05) is 17.3 Å². The van der Waals surface area contributed by atoms with Crippen LogP contribution in [-0.2, 0) is 22.3 Å². The zero-order valence-corrected chi connectivity index (χ0v) is 16.7. The van der Waals surface area contributed by atoms with Crippen LogP contribution in [-0.4, -0.2) is 18.0 Å². The Morgan fingerprint density at radius 3 is 2.58 bits per heavy atom. The number of hydrogen-bond donors (Lipinski definition) is 1. The molecular formula is C18H20ClN3O2S2. The number of thioether (sulfide) groups is 1. The number of imidazole rings is 1. The Morgan fingerprint density at radius 1 is 1.19 bits per heavy atom. The molecule has 0 bridgehead atoms. The smallest absolute Gasteiger partial charge is 0.238 e. The summed E-state index contributed by atoms with van der Waals surface area (Å²) < 4.78 is 25.4. The fraction of sp³-hybridized carbons (Fsp3) is 0.278. The van der Waals surface area contributed by atoms with Gasteiger partial charge in [0.05, 0.1) is 15.9 Å². The lowest BCUT2D eigenvalue weighted by molar-refractivity contribution is 0.597. The van der Waals surface area contributed by atoms with Crippen molar-refractivity contribution in [1.29, 1.82) is 0 Å². The minimum Gasteiger partial charge on any atom is -0.319 e. The molecule has 0 amide bonds. The molecule has 3 aromatic rings. The number of aromatic nitrogens is 2. The predicted octanol–water partition coefficient (Wildman–Crippen LogP) is 4.43. The number of halogens is 1. The van der Waals surface area contributed by atoms with Gasteiger partial charge in [-0.2, -0.15) is 0 Å². The van der Waals surface area contributed by atoms with Crippen molar-refractivity contribution in [2.75, 3.05) is 0 Å². The first-order valence-electron chi connectivity index (χ1n) is 8.29. The lowest BCUT2D eigenvalue weighted by Gasteiger charge is -2.08. The van der Waals surface area contributed by atoms with Crippen LogP contribution in [0.4, 0.5) is 0 Å². The Bertz CT molecular complexity index is 1010. The molecule has 0 aliphatic rings. The number of nitrogens with zero attached hydrogens (tertiary/aromatic N) is 2. The third-order valence-corrected chi connectivity index (χ3v) is 6.24. The molecule has 0 saturated carbocycles. The summed E-state index contributed by atoms with van der Waals surface area (Å²) in [5.41, 5.74) is 2.72. The quantitative estimate of drug-likeness (QED) is 0.585. The molecule has 0 spiro atoms. The van der Waals surface area contributed by atoms with Crippen molar-refractivity contribution < 1.29 is 8.42 Å². The normalized spacial score (nSPS) is 12.0. The van der Waals surface area contributed by atoms with E-state index >= 15 is 0 Å². The Labute approximate surface area is 162 Å². The van der Waals surface area contributed by atoms with Crippen LogP contribution in [0.3, 0.4) is 0 Å². The number of sulfonamides is 1. The number of nitrogens with two attached hydrogens (primary N) is 1. The average Bonchev–Trinajstić information content (AvgIpc) is 2.95. The zero-order valence-electron chi connectivity index (χ0n) is 14.4. The summed E-state index contributed by atoms with van der Waals surface area (Å²) in [4.78, 5) is 4.74. The number of rotatable bonds is 7. The van der Waals surface area contributed by atoms with Crippen LogP contribution in [0.2, 0.25) is 5.02 Å². The fourth-order valence-electron chi connectivity index (χ4n) is 2.64. The van der Waals surface area contributed by atoms with Gasteiger partial charge in [0.25, 0.3) is 0 Å². The van der Waals surface area contributed by atoms with Gasteiger partial charge in [-0.05, 0) is 42.3 Å². The summed E-state index contributed by atoms with van der Waals surface area (Å²) in [5.74, 6) is 0.759. The minimum atomic E-state index is -3.74. The first-order valence-corrected chi connectivity index (χ1v) is 11.2. The van der Waals surface area contributed by atoms with Crippen molar-refractivity contribution in [2.24, 2.45) is 5.14 Å². The molecule has 8 heteroatoms. The Kier molecular flexibility index (Phi) is 5.92. The van der Waals surface area contributed by atoms with Gasteiger partial charge in [-0.3, -0.25) is 0 Å². The maximum absolute atomic E-state index is 11.6. The molecule has 5 nitrogen and oxygen atoms in total. The second-order valence-electron chi connectivity index (χ2n) is 6.01. The molecule has 2 N–H and O–H groups in total. The molecule has 0 fully saturated rings. The molecule has 0 aliphatic heterocycles. The zero-order chi connectivity index (χ0) is 18.7. The Balaban J connectivity index is 1.94. The highest BCUT2D eigenvalue weighted by Gasteiger charge is 2.15. The number of benzene rings is 2. The number of fused-ring (bicyclic) bond motifs is 1. The van der Waals surface area contributed by atoms with Crippen LogP contribution in [0, 0.1) is 0 Å². The lowest BCUT2D eigenvalue weighted by Crippen LogP contribution is -2.11. The third-order valence-electron chi connectivity index (χ3n) is 4.03. The van der Waals surface area contributed by atoms with Crippen LogP contribution in [0.15, 0.2) is 52.5 Å². The van der Waals surface area contributed by atoms with E-state index in [9.17, 15) is 8.42 Å². The van der Waals surface area contributed by atoms with Crippen LogP contribution in [0.1, 0.15) is 25.3 Å². The van der Waals surface area contributed by atoms with Gasteiger partial charge in [0.1, 0.15) is 0 Å². The standard InChI is InChI=1S/C18H20ClN3O2S2/c1-2-3-10-22-17-9-8-15(26(20,23)24)11-16(17)21-18(22)25-12-13-4-6-14(19)7-5-13/h4-9,11H,2-3,10,12H2,1H3,(H2,20,23,24). The topological polar surface area (TPSA) is 78.0 Å². The van der Waals surface area contributed by atoms with E-state index in [-0.39, 0.29) is 4.90 Å². The van der Waals surface area contributed by atoms with Gasteiger partial charge in [-0.25, -0.2) is 18.5 Å². The second kappa shape index (κ2) is 8.00. The molecule has 3 rings (SSSR count). The van der Waals surface area contributed by atoms with E-state index in [1.165, 1.54) is 6.07 Å². The van der Waals surface area contributed by atoms with E-state index < -0.39 is 10.0 Å². The maximum Gasteiger partial charge on any atom is 0.238 e. The summed E-state index contributed by atoms with van der Waals surface area (Å²) in [5, 5.41) is 6.82. The van der Waals surface area contributed by atoms with E-state index in [0.717, 1.165) is 41.4 Å². The summed E-state index contributed by atoms with van der Waals surface area (Å²) in [6.45, 7) is 2.98. The third kappa shape index (κ3) is 4.40. The van der Waals surface area contributed by atoms with Gasteiger partial charge < -0.3 is 4.57 Å². The highest BCUT2D eigenvalue weighted by Crippen LogP contribution is 2.29. The monoisotopic (exact) mass is 409 g/mol. The maximum atomic E-state index is 11.6. The molecule has 1 aromatic heterocycles. The molecule has 1 heterocycles. The summed E-state index contributed by atoms with van der Waals surface area (Å²) in [6, 6.07) is 12.6. The number of aryl methyl sites for hydroxylation is 1. The van der Waals surface area contributed by atoms with E-state index in [2.05, 4.69) is 16.5 Å². The van der Waals surface area contributed by atoms with Crippen molar-refractivity contribution in [3.63, 3.8) is 0 Å². The van der Waals surface area contributed by atoms with Crippen molar-refractivity contribution in [2.45, 2.75) is 42.1 Å². The summed E-state index contributed by atoms with van der Waals surface area (Å²) >= 11 is 7.56. The molecule has 0 unspecified atom stereocenters. The van der Waals surface area contributed by atoms with Gasteiger partial charge >= 0.3 is 0 Å². The van der Waals surface area contributed by atoms with Gasteiger partial charge in [0.2, 0.25) is 10.0 Å². The van der Waals surface area contributed by atoms with Crippen molar-refractivity contribution in [3.8, 4) is 0 Å². The van der Waals surface area contributed by atoms with Crippen LogP contribution < -0.4 is 5.14 Å². The van der Waals surface area contributed by atoms with Crippen molar-refractivity contribution >= 4 is 44.4 Å². The van der Waals surface area contributed by atoms with E-state index in [4.69, 9.17) is 16.7 Å². The molecule has 138 valence electrons. The minimum absolute atomic E-state index is 0.0828. The molecule has 2 aromatic carbocycles. The highest BCUT2D eigenvalue weighted by atomic mass is 35.5. The molecule has 26 heavy (non-hydrogen) atoms. The van der Waals surface area contributed by atoms with Crippen molar-refractivity contribution in [1.82, 2.24) is 9.55 Å². The fourth-order valence-corrected chi connectivity index (χ4v) is 4.29. The predicted molar refractivity (Wildman–Crippen MR) is 107 cm³/mol. The van der Waals surface area contributed by atoms with E-state index in [1.807, 2.05) is 24.3 Å². The molecule has 0 atom stereocenters. The summed E-state index contributed by atoms with van der Waals surface area (Å²) in [6.07, 6.45) is 2.09. The molecule has 0 aliphatic carbocycles. The second-order valence-corrected chi connectivity index (χ2v) is 8.95. The van der Waals surface area contributed by atoms with Gasteiger partial charge in [-0.1, -0.05) is 48.8 Å². The molecular weight excluding hydrogens is 390 g/mol. The molecule has 0 saturated heterocycles. The van der Waals surface area contributed by atoms with E-state index in [1.54, 1.807) is 23.9 Å². The molecule has 0 radical (unpaired) electrons. The van der Waals surface area contributed by atoms with Crippen LogP contribution in [0.5, 0.6) is 0 Å². The Hall–Kier alpha value is -1.54.